The van der Waals surface area contributed by atoms with Gasteiger partial charge in [-0.2, -0.15) is 0 Å². The monoisotopic (exact) mass is 299 g/mol. The molecule has 2 rings (SSSR count). The molecule has 1 aliphatic heterocycles. The van der Waals surface area contributed by atoms with Crippen LogP contribution in [0.2, 0.25) is 0 Å². The molecule has 0 aliphatic carbocycles. The molecule has 0 fully saturated rings. The highest BCUT2D eigenvalue weighted by Gasteiger charge is 2.17. The Hall–Kier alpha value is -1.11. The molecular formula is C14H21NO4S. The first-order chi connectivity index (χ1) is 9.74. The summed E-state index contributed by atoms with van der Waals surface area (Å²) in [5.41, 5.74) is 0. The first-order valence-corrected chi connectivity index (χ1v) is 8.06. The number of ether oxygens (including phenoxy) is 3. The molecule has 2 atom stereocenters. The van der Waals surface area contributed by atoms with Crippen molar-refractivity contribution in [2.45, 2.75) is 17.9 Å². The quantitative estimate of drug-likeness (QED) is 0.819. The van der Waals surface area contributed by atoms with Crippen molar-refractivity contribution in [1.29, 1.82) is 0 Å². The van der Waals surface area contributed by atoms with Crippen molar-refractivity contribution in [1.82, 2.24) is 5.32 Å². The summed E-state index contributed by atoms with van der Waals surface area (Å²) in [5, 5.41) is 3.27. The van der Waals surface area contributed by atoms with Crippen LogP contribution in [0.5, 0.6) is 11.5 Å². The van der Waals surface area contributed by atoms with Gasteiger partial charge >= 0.3 is 0 Å². The Labute approximate surface area is 122 Å². The lowest BCUT2D eigenvalue weighted by molar-refractivity contribution is 0.171. The number of benzene rings is 1. The first-order valence-electron chi connectivity index (χ1n) is 6.75. The van der Waals surface area contributed by atoms with Crippen LogP contribution >= 0.6 is 0 Å². The Kier molecular flexibility index (Phi) is 5.82. The van der Waals surface area contributed by atoms with E-state index >= 15 is 0 Å². The van der Waals surface area contributed by atoms with Gasteiger partial charge in [0.1, 0.15) is 13.2 Å². The number of fused-ring (bicyclic) bond motifs is 1. The molecule has 2 unspecified atom stereocenters. The van der Waals surface area contributed by atoms with Crippen LogP contribution in [0.3, 0.4) is 0 Å². The average Bonchev–Trinajstić information content (AvgIpc) is 2.47. The molecule has 20 heavy (non-hydrogen) atoms. The third-order valence-electron chi connectivity index (χ3n) is 2.99. The Balaban J connectivity index is 2.04. The zero-order chi connectivity index (χ0) is 14.4. The lowest BCUT2D eigenvalue weighted by Gasteiger charge is -2.20. The Morgan fingerprint density at radius 3 is 2.80 bits per heavy atom. The fourth-order valence-electron chi connectivity index (χ4n) is 2.10. The van der Waals surface area contributed by atoms with Crippen LogP contribution in [0.1, 0.15) is 6.92 Å². The zero-order valence-electron chi connectivity index (χ0n) is 11.9. The fraction of sp³-hybridized carbons (Fsp3) is 0.571. The summed E-state index contributed by atoms with van der Waals surface area (Å²) in [5.74, 6) is 1.91. The average molecular weight is 299 g/mol. The molecule has 0 saturated carbocycles. The van der Waals surface area contributed by atoms with E-state index in [9.17, 15) is 4.21 Å². The van der Waals surface area contributed by atoms with Gasteiger partial charge in [0.05, 0.1) is 17.4 Å². The van der Waals surface area contributed by atoms with E-state index in [0.29, 0.717) is 31.3 Å². The highest BCUT2D eigenvalue weighted by Crippen LogP contribution is 2.31. The summed E-state index contributed by atoms with van der Waals surface area (Å²) in [6, 6.07) is 5.54. The van der Waals surface area contributed by atoms with Gasteiger partial charge in [-0.3, -0.25) is 4.21 Å². The van der Waals surface area contributed by atoms with Gasteiger partial charge < -0.3 is 19.5 Å². The number of nitrogens with one attached hydrogen (secondary N) is 1. The van der Waals surface area contributed by atoms with E-state index < -0.39 is 10.8 Å². The van der Waals surface area contributed by atoms with E-state index in [1.807, 2.05) is 19.1 Å². The first kappa shape index (κ1) is 15.3. The minimum Gasteiger partial charge on any atom is -0.486 e. The molecule has 0 spiro atoms. The van der Waals surface area contributed by atoms with Crippen molar-refractivity contribution < 1.29 is 18.4 Å². The molecule has 1 heterocycles. The van der Waals surface area contributed by atoms with Gasteiger partial charge in [0, 0.05) is 29.9 Å². The number of hydrogen-bond acceptors (Lipinski definition) is 5. The molecule has 5 nitrogen and oxygen atoms in total. The highest BCUT2D eigenvalue weighted by atomic mass is 32.2. The van der Waals surface area contributed by atoms with Gasteiger partial charge in [-0.05, 0) is 18.7 Å². The highest BCUT2D eigenvalue weighted by molar-refractivity contribution is 7.85. The van der Waals surface area contributed by atoms with Crippen molar-refractivity contribution >= 4 is 10.8 Å². The van der Waals surface area contributed by atoms with Crippen molar-refractivity contribution in [3.8, 4) is 11.5 Å². The second kappa shape index (κ2) is 7.61. The topological polar surface area (TPSA) is 56.8 Å². The van der Waals surface area contributed by atoms with E-state index in [2.05, 4.69) is 5.32 Å². The summed E-state index contributed by atoms with van der Waals surface area (Å²) in [4.78, 5) is 0.758. The van der Waals surface area contributed by atoms with Gasteiger partial charge in [0.15, 0.2) is 11.5 Å². The Morgan fingerprint density at radius 1 is 1.35 bits per heavy atom. The van der Waals surface area contributed by atoms with Crippen LogP contribution in [0.15, 0.2) is 23.1 Å². The largest absolute Gasteiger partial charge is 0.486 e. The normalized spacial score (nSPS) is 16.7. The molecule has 112 valence electrons. The van der Waals surface area contributed by atoms with Gasteiger partial charge in [-0.15, -0.1) is 0 Å². The van der Waals surface area contributed by atoms with Gasteiger partial charge in [-0.1, -0.05) is 6.92 Å². The van der Waals surface area contributed by atoms with E-state index in [1.54, 1.807) is 13.2 Å². The van der Waals surface area contributed by atoms with Gasteiger partial charge in [0.25, 0.3) is 0 Å². The molecule has 0 saturated heterocycles. The summed E-state index contributed by atoms with van der Waals surface area (Å²) in [6.07, 6.45) is 0. The molecule has 1 aromatic rings. The smallest absolute Gasteiger partial charge is 0.162 e. The molecule has 1 aliphatic rings. The third kappa shape index (κ3) is 3.94. The van der Waals surface area contributed by atoms with E-state index in [1.165, 1.54) is 0 Å². The predicted octanol–water partition coefficient (Wildman–Crippen LogP) is 1.19. The second-order valence-corrected chi connectivity index (χ2v) is 6.02. The van der Waals surface area contributed by atoms with Crippen LogP contribution < -0.4 is 14.8 Å². The molecular weight excluding hydrogens is 278 g/mol. The van der Waals surface area contributed by atoms with E-state index in [0.717, 1.165) is 17.2 Å². The number of methoxy groups -OCH3 is 1. The lowest BCUT2D eigenvalue weighted by Crippen LogP contribution is -2.37. The molecule has 0 bridgehead atoms. The summed E-state index contributed by atoms with van der Waals surface area (Å²) in [7, 11) is 0.558. The summed E-state index contributed by atoms with van der Waals surface area (Å²) >= 11 is 0. The maximum absolute atomic E-state index is 12.4. The second-order valence-electron chi connectivity index (χ2n) is 4.53. The standard InChI is InChI=1S/C14H21NO4S/c1-3-15-11(9-17-2)10-20(16)12-4-5-13-14(8-12)19-7-6-18-13/h4-5,8,11,15H,3,6-7,9-10H2,1-2H3. The van der Waals surface area contributed by atoms with Crippen LogP contribution in [-0.4, -0.2) is 49.5 Å². The molecule has 0 aromatic heterocycles. The Bertz CT molecular complexity index is 460. The molecule has 1 aromatic carbocycles. The van der Waals surface area contributed by atoms with E-state index in [4.69, 9.17) is 14.2 Å². The SMILES string of the molecule is CCNC(COC)CS(=O)c1ccc2c(c1)OCCO2. The van der Waals surface area contributed by atoms with Crippen LogP contribution in [0.25, 0.3) is 0 Å². The zero-order valence-corrected chi connectivity index (χ0v) is 12.7. The van der Waals surface area contributed by atoms with Crippen LogP contribution in [0, 0.1) is 0 Å². The Morgan fingerprint density at radius 2 is 2.10 bits per heavy atom. The number of rotatable bonds is 7. The predicted molar refractivity (Wildman–Crippen MR) is 78.0 cm³/mol. The van der Waals surface area contributed by atoms with Crippen LogP contribution in [0.4, 0.5) is 0 Å². The number of likely N-dealkylation sites (N-methyl/N-ethyl adjacent to an activating group) is 1. The van der Waals surface area contributed by atoms with Gasteiger partial charge in [0.2, 0.25) is 0 Å². The third-order valence-corrected chi connectivity index (χ3v) is 4.47. The van der Waals surface area contributed by atoms with Crippen molar-refractivity contribution in [2.24, 2.45) is 0 Å². The van der Waals surface area contributed by atoms with Gasteiger partial charge in [-0.25, -0.2) is 0 Å². The summed E-state index contributed by atoms with van der Waals surface area (Å²) < 4.78 is 28.5. The minimum absolute atomic E-state index is 0.0824. The molecule has 0 radical (unpaired) electrons. The molecule has 1 N–H and O–H groups in total. The van der Waals surface area contributed by atoms with Crippen molar-refractivity contribution in [3.63, 3.8) is 0 Å². The molecule has 0 amide bonds. The number of hydrogen-bond donors (Lipinski definition) is 1. The fourth-order valence-corrected chi connectivity index (χ4v) is 3.33. The molecule has 6 heteroatoms. The summed E-state index contributed by atoms with van der Waals surface area (Å²) in [6.45, 7) is 4.49. The van der Waals surface area contributed by atoms with Crippen molar-refractivity contribution in [2.75, 3.05) is 39.2 Å². The van der Waals surface area contributed by atoms with Crippen molar-refractivity contribution in [3.05, 3.63) is 18.2 Å². The lowest BCUT2D eigenvalue weighted by atomic mass is 10.3. The maximum Gasteiger partial charge on any atom is 0.162 e. The van der Waals surface area contributed by atoms with Crippen LogP contribution in [-0.2, 0) is 15.5 Å². The maximum atomic E-state index is 12.4. The minimum atomic E-state index is -1.09. The van der Waals surface area contributed by atoms with E-state index in [-0.39, 0.29) is 6.04 Å².